The zero-order valence-electron chi connectivity index (χ0n) is 15.1. The summed E-state index contributed by atoms with van der Waals surface area (Å²) in [5.41, 5.74) is 7.77. The molecule has 1 rings (SSSR count). The molecule has 0 aliphatic rings. The zero-order valence-corrected chi connectivity index (χ0v) is 15.1. The largest absolute Gasteiger partial charge is 0.444 e. The molecule has 0 heterocycles. The van der Waals surface area contributed by atoms with E-state index in [0.29, 0.717) is 12.2 Å². The van der Waals surface area contributed by atoms with Crippen LogP contribution < -0.4 is 16.4 Å². The molecule has 1 aromatic carbocycles. The van der Waals surface area contributed by atoms with Gasteiger partial charge in [-0.15, -0.1) is 6.42 Å². The first kappa shape index (κ1) is 19.7. The molecule has 4 N–H and O–H groups in total. The van der Waals surface area contributed by atoms with Crippen molar-refractivity contribution < 1.29 is 9.53 Å². The lowest BCUT2D eigenvalue weighted by atomic mass is 10.1. The van der Waals surface area contributed by atoms with E-state index in [0.717, 1.165) is 30.5 Å². The van der Waals surface area contributed by atoms with Gasteiger partial charge >= 0.3 is 6.09 Å². The second-order valence-corrected chi connectivity index (χ2v) is 6.88. The zero-order chi connectivity index (χ0) is 18.2. The molecule has 1 atom stereocenters. The molecule has 0 saturated heterocycles. The highest BCUT2D eigenvalue weighted by molar-refractivity contribution is 5.74. The number of nitrogens with one attached hydrogen (secondary N) is 2. The van der Waals surface area contributed by atoms with Gasteiger partial charge < -0.3 is 21.1 Å². The van der Waals surface area contributed by atoms with E-state index in [2.05, 4.69) is 23.5 Å². The van der Waals surface area contributed by atoms with Crippen molar-refractivity contribution in [3.8, 4) is 12.3 Å². The van der Waals surface area contributed by atoms with Crippen LogP contribution in [0.25, 0.3) is 0 Å². The number of nitrogens with two attached hydrogens (primary N) is 1. The maximum absolute atomic E-state index is 11.5. The third-order valence-electron chi connectivity index (χ3n) is 3.38. The third kappa shape index (κ3) is 7.28. The van der Waals surface area contributed by atoms with Crippen LogP contribution in [0, 0.1) is 12.3 Å². The number of hydrogen-bond acceptors (Lipinski definition) is 4. The smallest absolute Gasteiger partial charge is 0.407 e. The lowest BCUT2D eigenvalue weighted by molar-refractivity contribution is 0.0527. The molecule has 0 fully saturated rings. The molecule has 0 saturated carbocycles. The number of hydrogen-bond donors (Lipinski definition) is 3. The van der Waals surface area contributed by atoms with Gasteiger partial charge in [-0.1, -0.05) is 12.0 Å². The van der Waals surface area contributed by atoms with Crippen molar-refractivity contribution in [2.75, 3.05) is 17.6 Å². The van der Waals surface area contributed by atoms with Crippen LogP contribution in [0.2, 0.25) is 0 Å². The van der Waals surface area contributed by atoms with Gasteiger partial charge in [0, 0.05) is 18.2 Å². The molecular weight excluding hydrogens is 302 g/mol. The Bertz CT molecular complexity index is 585. The SMILES string of the molecule is C#Cc1cccc(N)c1N[C@@H](C)CCCCNC(=O)OC(C)(C)C. The summed E-state index contributed by atoms with van der Waals surface area (Å²) in [5.74, 6) is 2.65. The maximum Gasteiger partial charge on any atom is 0.407 e. The van der Waals surface area contributed by atoms with E-state index in [9.17, 15) is 4.79 Å². The van der Waals surface area contributed by atoms with Gasteiger partial charge in [-0.2, -0.15) is 0 Å². The Kier molecular flexibility index (Phi) is 7.44. The summed E-state index contributed by atoms with van der Waals surface area (Å²) in [4.78, 5) is 11.5. The Hall–Kier alpha value is -2.35. The van der Waals surface area contributed by atoms with Gasteiger partial charge in [0.05, 0.1) is 11.4 Å². The summed E-state index contributed by atoms with van der Waals surface area (Å²) < 4.78 is 5.19. The Morgan fingerprint density at radius 2 is 2.08 bits per heavy atom. The van der Waals surface area contributed by atoms with Crippen LogP contribution >= 0.6 is 0 Å². The first-order valence-corrected chi connectivity index (χ1v) is 8.31. The van der Waals surface area contributed by atoms with Gasteiger partial charge in [0.2, 0.25) is 0 Å². The third-order valence-corrected chi connectivity index (χ3v) is 3.38. The molecule has 0 radical (unpaired) electrons. The highest BCUT2D eigenvalue weighted by Gasteiger charge is 2.15. The molecule has 0 aromatic heterocycles. The van der Waals surface area contributed by atoms with Crippen molar-refractivity contribution in [3.05, 3.63) is 23.8 Å². The summed E-state index contributed by atoms with van der Waals surface area (Å²) in [6.45, 7) is 8.23. The van der Waals surface area contributed by atoms with Crippen molar-refractivity contribution in [2.45, 2.75) is 58.6 Å². The van der Waals surface area contributed by atoms with Gasteiger partial charge in [0.25, 0.3) is 0 Å². The first-order chi connectivity index (χ1) is 11.2. The van der Waals surface area contributed by atoms with E-state index in [1.807, 2.05) is 39.0 Å². The summed E-state index contributed by atoms with van der Waals surface area (Å²) in [5, 5.41) is 6.14. The Balaban J connectivity index is 2.30. The molecular formula is C19H29N3O2. The lowest BCUT2D eigenvalue weighted by Gasteiger charge is -2.20. The quantitative estimate of drug-likeness (QED) is 0.404. The van der Waals surface area contributed by atoms with Crippen LogP contribution in [0.3, 0.4) is 0 Å². The Labute approximate surface area is 145 Å². The van der Waals surface area contributed by atoms with E-state index >= 15 is 0 Å². The molecule has 0 spiro atoms. The molecule has 0 aliphatic heterocycles. The fraction of sp³-hybridized carbons (Fsp3) is 0.526. The number of benzene rings is 1. The predicted octanol–water partition coefficient (Wildman–Crippen LogP) is 3.75. The number of anilines is 2. The molecule has 0 bridgehead atoms. The van der Waals surface area contributed by atoms with Crippen molar-refractivity contribution in [2.24, 2.45) is 0 Å². The highest BCUT2D eigenvalue weighted by atomic mass is 16.6. The molecule has 132 valence electrons. The Morgan fingerprint density at radius 3 is 2.71 bits per heavy atom. The number of carbonyl (C=O) groups excluding carboxylic acids is 1. The number of nitrogen functional groups attached to an aromatic ring is 1. The number of terminal acetylenes is 1. The van der Waals surface area contributed by atoms with Crippen LogP contribution in [0.4, 0.5) is 16.2 Å². The maximum atomic E-state index is 11.5. The number of amides is 1. The van der Waals surface area contributed by atoms with Crippen molar-refractivity contribution in [1.29, 1.82) is 0 Å². The van der Waals surface area contributed by atoms with Gasteiger partial charge in [-0.3, -0.25) is 0 Å². The van der Waals surface area contributed by atoms with Gasteiger partial charge in [0.15, 0.2) is 0 Å². The van der Waals surface area contributed by atoms with E-state index in [-0.39, 0.29) is 12.1 Å². The van der Waals surface area contributed by atoms with E-state index in [1.165, 1.54) is 0 Å². The normalized spacial score (nSPS) is 12.1. The monoisotopic (exact) mass is 331 g/mol. The van der Waals surface area contributed by atoms with Crippen LogP contribution in [-0.2, 0) is 4.74 Å². The minimum Gasteiger partial charge on any atom is -0.444 e. The van der Waals surface area contributed by atoms with Crippen LogP contribution in [-0.4, -0.2) is 24.3 Å². The molecule has 0 aliphatic carbocycles. The fourth-order valence-electron chi connectivity index (χ4n) is 2.25. The average molecular weight is 331 g/mol. The lowest BCUT2D eigenvalue weighted by Crippen LogP contribution is -2.33. The number of ether oxygens (including phenoxy) is 1. The molecule has 1 amide bonds. The van der Waals surface area contributed by atoms with Crippen LogP contribution in [0.15, 0.2) is 18.2 Å². The van der Waals surface area contributed by atoms with Crippen molar-refractivity contribution in [3.63, 3.8) is 0 Å². The highest BCUT2D eigenvalue weighted by Crippen LogP contribution is 2.24. The number of para-hydroxylation sites is 1. The fourth-order valence-corrected chi connectivity index (χ4v) is 2.25. The molecule has 24 heavy (non-hydrogen) atoms. The van der Waals surface area contributed by atoms with Crippen molar-refractivity contribution >= 4 is 17.5 Å². The van der Waals surface area contributed by atoms with Gasteiger partial charge in [-0.05, 0) is 59.1 Å². The minimum absolute atomic E-state index is 0.239. The van der Waals surface area contributed by atoms with Crippen LogP contribution in [0.5, 0.6) is 0 Å². The Morgan fingerprint density at radius 1 is 1.38 bits per heavy atom. The minimum atomic E-state index is -0.465. The van der Waals surface area contributed by atoms with Crippen LogP contribution in [0.1, 0.15) is 52.5 Å². The van der Waals surface area contributed by atoms with E-state index in [1.54, 1.807) is 0 Å². The molecule has 5 heteroatoms. The summed E-state index contributed by atoms with van der Waals surface area (Å²) in [7, 11) is 0. The van der Waals surface area contributed by atoms with Crippen molar-refractivity contribution in [1.82, 2.24) is 5.32 Å². The number of carbonyl (C=O) groups is 1. The van der Waals surface area contributed by atoms with Gasteiger partial charge in [-0.25, -0.2) is 4.79 Å². The number of unbranched alkanes of at least 4 members (excludes halogenated alkanes) is 1. The van der Waals surface area contributed by atoms with E-state index in [4.69, 9.17) is 16.9 Å². The average Bonchev–Trinajstić information content (AvgIpc) is 2.47. The standard InChI is InChI=1S/C19H29N3O2/c1-6-15-11-9-12-16(20)17(15)22-14(2)10-7-8-13-21-18(23)24-19(3,4)5/h1,9,11-12,14,22H,7-8,10,13,20H2,2-5H3,(H,21,23)/t14-/m0/s1. The molecule has 1 aromatic rings. The van der Waals surface area contributed by atoms with Gasteiger partial charge in [0.1, 0.15) is 5.60 Å². The summed E-state index contributed by atoms with van der Waals surface area (Å²) in [6.07, 6.45) is 7.95. The number of rotatable bonds is 7. The predicted molar refractivity (Wildman–Crippen MR) is 100.0 cm³/mol. The topological polar surface area (TPSA) is 76.4 Å². The summed E-state index contributed by atoms with van der Waals surface area (Å²) >= 11 is 0. The second-order valence-electron chi connectivity index (χ2n) is 6.88. The number of alkyl carbamates (subject to hydrolysis) is 1. The molecule has 5 nitrogen and oxygen atoms in total. The summed E-state index contributed by atoms with van der Waals surface area (Å²) in [6, 6.07) is 5.79. The molecule has 0 unspecified atom stereocenters. The second kappa shape index (κ2) is 9.07. The first-order valence-electron chi connectivity index (χ1n) is 8.31. The van der Waals surface area contributed by atoms with E-state index < -0.39 is 5.60 Å².